The maximum absolute atomic E-state index is 14.0. The van der Waals surface area contributed by atoms with Gasteiger partial charge in [-0.3, -0.25) is 0 Å². The third-order valence-corrected chi connectivity index (χ3v) is 5.93. The van der Waals surface area contributed by atoms with Crippen LogP contribution in [-0.4, -0.2) is 9.97 Å². The van der Waals surface area contributed by atoms with E-state index < -0.39 is 5.82 Å². The van der Waals surface area contributed by atoms with Gasteiger partial charge in [-0.2, -0.15) is 15.5 Å². The molecule has 3 aromatic carbocycles. The molecule has 0 amide bonds. The van der Waals surface area contributed by atoms with Crippen molar-refractivity contribution in [1.29, 1.82) is 10.5 Å². The molecule has 0 bridgehead atoms. The van der Waals surface area contributed by atoms with Crippen molar-refractivity contribution in [3.8, 4) is 34.9 Å². The number of fused-ring (bicyclic) bond motifs is 1. The Labute approximate surface area is 198 Å². The summed E-state index contributed by atoms with van der Waals surface area (Å²) in [5.41, 5.74) is 3.53. The van der Waals surface area contributed by atoms with Gasteiger partial charge in [0, 0.05) is 5.69 Å². The normalized spacial score (nSPS) is 10.4. The minimum Gasteiger partial charge on any atom is -0.437 e. The van der Waals surface area contributed by atoms with Crippen LogP contribution in [0.25, 0.3) is 21.3 Å². The molecular weight excluding hydrogens is 449 g/mol. The summed E-state index contributed by atoms with van der Waals surface area (Å²) >= 11 is 1.48. The van der Waals surface area contributed by atoms with Crippen LogP contribution in [0.3, 0.4) is 0 Å². The van der Waals surface area contributed by atoms with Crippen molar-refractivity contribution >= 4 is 33.2 Å². The smallest absolute Gasteiger partial charge is 0.242 e. The number of aromatic nitrogens is 2. The standard InChI is InChI=1S/C26H14FN5OS/c27-22-13-18(3-4-19(22)15-29)17-5-9-21(10-6-17)33-25-24-23(11-12-34-24)31-26(32-25)30-20-7-1-16(14-28)2-8-20/h1-13H,(H,30,31,32). The zero-order valence-electron chi connectivity index (χ0n) is 17.5. The summed E-state index contributed by atoms with van der Waals surface area (Å²) in [6.45, 7) is 0. The fourth-order valence-corrected chi connectivity index (χ4v) is 4.09. The van der Waals surface area contributed by atoms with Gasteiger partial charge in [0.25, 0.3) is 0 Å². The number of nitrogens with one attached hydrogen (secondary N) is 1. The van der Waals surface area contributed by atoms with Gasteiger partial charge >= 0.3 is 0 Å². The topological polar surface area (TPSA) is 94.6 Å². The highest BCUT2D eigenvalue weighted by Crippen LogP contribution is 2.34. The lowest BCUT2D eigenvalue weighted by Gasteiger charge is -2.10. The van der Waals surface area contributed by atoms with E-state index in [-0.39, 0.29) is 5.56 Å². The minimum atomic E-state index is -0.552. The van der Waals surface area contributed by atoms with Crippen LogP contribution in [-0.2, 0) is 0 Å². The van der Waals surface area contributed by atoms with Crippen LogP contribution in [0, 0.1) is 28.5 Å². The second-order valence-electron chi connectivity index (χ2n) is 7.23. The lowest BCUT2D eigenvalue weighted by molar-refractivity contribution is 0.470. The molecule has 8 heteroatoms. The number of thiophene rings is 1. The Morgan fingerprint density at radius 1 is 0.853 bits per heavy atom. The Bertz CT molecular complexity index is 1580. The van der Waals surface area contributed by atoms with E-state index in [1.807, 2.05) is 29.6 Å². The van der Waals surface area contributed by atoms with Crippen LogP contribution in [0.5, 0.6) is 11.6 Å². The Morgan fingerprint density at radius 2 is 1.62 bits per heavy atom. The van der Waals surface area contributed by atoms with Crippen molar-refractivity contribution in [2.45, 2.75) is 0 Å². The molecular formula is C26H14FN5OS. The molecule has 0 spiro atoms. The van der Waals surface area contributed by atoms with Gasteiger partial charge in [-0.1, -0.05) is 18.2 Å². The van der Waals surface area contributed by atoms with Crippen LogP contribution in [0.1, 0.15) is 11.1 Å². The highest BCUT2D eigenvalue weighted by atomic mass is 32.1. The molecule has 2 heterocycles. The lowest BCUT2D eigenvalue weighted by atomic mass is 10.0. The molecule has 34 heavy (non-hydrogen) atoms. The van der Waals surface area contributed by atoms with Gasteiger partial charge < -0.3 is 10.1 Å². The molecule has 0 unspecified atom stereocenters. The van der Waals surface area contributed by atoms with Gasteiger partial charge in [-0.05, 0) is 71.1 Å². The third kappa shape index (κ3) is 4.26. The number of hydrogen-bond acceptors (Lipinski definition) is 7. The van der Waals surface area contributed by atoms with Gasteiger partial charge in [-0.15, -0.1) is 11.3 Å². The molecule has 0 fully saturated rings. The van der Waals surface area contributed by atoms with Gasteiger partial charge in [0.1, 0.15) is 22.3 Å². The van der Waals surface area contributed by atoms with E-state index >= 15 is 0 Å². The first-order valence-corrected chi connectivity index (χ1v) is 11.0. The maximum atomic E-state index is 14.0. The summed E-state index contributed by atoms with van der Waals surface area (Å²) in [5.74, 6) is 0.794. The monoisotopic (exact) mass is 463 g/mol. The molecule has 1 N–H and O–H groups in total. The minimum absolute atomic E-state index is 0.0119. The first-order valence-electron chi connectivity index (χ1n) is 10.1. The SMILES string of the molecule is N#Cc1ccc(Nc2nc(Oc3ccc(-c4ccc(C#N)c(F)c4)cc3)c3sccc3n2)cc1. The fraction of sp³-hybridized carbons (Fsp3) is 0. The molecule has 0 aliphatic heterocycles. The summed E-state index contributed by atoms with van der Waals surface area (Å²) in [5, 5.41) is 22.9. The highest BCUT2D eigenvalue weighted by Gasteiger charge is 2.12. The predicted molar refractivity (Wildman–Crippen MR) is 128 cm³/mol. The van der Waals surface area contributed by atoms with E-state index in [2.05, 4.69) is 21.4 Å². The molecule has 0 saturated heterocycles. The van der Waals surface area contributed by atoms with E-state index in [1.165, 1.54) is 23.5 Å². The number of hydrogen-bond donors (Lipinski definition) is 1. The van der Waals surface area contributed by atoms with Crippen LogP contribution in [0.15, 0.2) is 78.2 Å². The summed E-state index contributed by atoms with van der Waals surface area (Å²) in [7, 11) is 0. The molecule has 0 aliphatic carbocycles. The number of benzene rings is 3. The summed E-state index contributed by atoms with van der Waals surface area (Å²) < 4.78 is 20.9. The molecule has 2 aromatic heterocycles. The van der Waals surface area contributed by atoms with Crippen molar-refractivity contribution in [1.82, 2.24) is 9.97 Å². The van der Waals surface area contributed by atoms with E-state index in [9.17, 15) is 4.39 Å². The molecule has 0 atom stereocenters. The zero-order valence-corrected chi connectivity index (χ0v) is 18.3. The van der Waals surface area contributed by atoms with Crippen LogP contribution in [0.2, 0.25) is 0 Å². The van der Waals surface area contributed by atoms with Crippen LogP contribution < -0.4 is 10.1 Å². The molecule has 5 aromatic rings. The van der Waals surface area contributed by atoms with Crippen molar-refractivity contribution in [3.05, 3.63) is 95.1 Å². The number of halogens is 1. The highest BCUT2D eigenvalue weighted by molar-refractivity contribution is 7.17. The number of nitriles is 2. The molecule has 5 rings (SSSR count). The maximum Gasteiger partial charge on any atom is 0.242 e. The van der Waals surface area contributed by atoms with E-state index in [0.29, 0.717) is 28.7 Å². The van der Waals surface area contributed by atoms with E-state index in [1.54, 1.807) is 42.5 Å². The average molecular weight is 463 g/mol. The number of rotatable bonds is 5. The Kier molecular flexibility index (Phi) is 5.57. The van der Waals surface area contributed by atoms with Gasteiger partial charge in [0.2, 0.25) is 11.8 Å². The second kappa shape index (κ2) is 8.99. The quantitative estimate of drug-likeness (QED) is 0.309. The summed E-state index contributed by atoms with van der Waals surface area (Å²) in [4.78, 5) is 9.07. The first-order chi connectivity index (χ1) is 16.6. The molecule has 0 radical (unpaired) electrons. The number of ether oxygens (including phenoxy) is 1. The Hall–Kier alpha value is -4.79. The number of anilines is 2. The van der Waals surface area contributed by atoms with Crippen LogP contribution >= 0.6 is 11.3 Å². The molecule has 0 aliphatic rings. The van der Waals surface area contributed by atoms with Gasteiger partial charge in [-0.25, -0.2) is 9.37 Å². The predicted octanol–water partition coefficient (Wildman–Crippen LogP) is 6.78. The average Bonchev–Trinajstić information content (AvgIpc) is 3.34. The van der Waals surface area contributed by atoms with E-state index in [0.717, 1.165) is 21.5 Å². The second-order valence-corrected chi connectivity index (χ2v) is 8.15. The van der Waals surface area contributed by atoms with Crippen molar-refractivity contribution in [3.63, 3.8) is 0 Å². The molecule has 6 nitrogen and oxygen atoms in total. The van der Waals surface area contributed by atoms with Gasteiger partial charge in [0.05, 0.1) is 22.7 Å². The first kappa shape index (κ1) is 21.1. The Balaban J connectivity index is 1.41. The zero-order chi connectivity index (χ0) is 23.5. The summed E-state index contributed by atoms with van der Waals surface area (Å²) in [6, 6.07) is 24.5. The Morgan fingerprint density at radius 3 is 2.32 bits per heavy atom. The largest absolute Gasteiger partial charge is 0.437 e. The fourth-order valence-electron chi connectivity index (χ4n) is 3.33. The van der Waals surface area contributed by atoms with Crippen molar-refractivity contribution < 1.29 is 9.13 Å². The van der Waals surface area contributed by atoms with Crippen molar-refractivity contribution in [2.75, 3.05) is 5.32 Å². The lowest BCUT2D eigenvalue weighted by Crippen LogP contribution is -1.99. The molecule has 0 saturated carbocycles. The summed E-state index contributed by atoms with van der Waals surface area (Å²) in [6.07, 6.45) is 0. The van der Waals surface area contributed by atoms with E-state index in [4.69, 9.17) is 15.3 Å². The third-order valence-electron chi connectivity index (χ3n) is 5.03. The molecule has 162 valence electrons. The van der Waals surface area contributed by atoms with Gasteiger partial charge in [0.15, 0.2) is 0 Å². The van der Waals surface area contributed by atoms with Crippen LogP contribution in [0.4, 0.5) is 16.0 Å². The number of nitrogens with zero attached hydrogens (tertiary/aromatic N) is 4. The van der Waals surface area contributed by atoms with Crippen molar-refractivity contribution in [2.24, 2.45) is 0 Å².